The van der Waals surface area contributed by atoms with Gasteiger partial charge in [-0.3, -0.25) is 0 Å². The molecule has 50 heavy (non-hydrogen) atoms. The highest BCUT2D eigenvalue weighted by Gasteiger charge is 2.37. The standard InChI is InChI=1S/C28H31F3N6O4S.C4H4O4/c1-37(24-19-11-18(13-28(29,30)31)42-26(19)34-27(33-24)41-4)21-9-17(10-22(21)38)32-14-15-5-7-16(8-6-15)20-12-23(39-2)25(40-3)36-35-20;5-3(6)1-2-4(7)8/h5-8,11-12,17,21-22,32,38H,9-10,13-14H2,1-4H3;1-2H,(H,5,6)(H,7,8)/b;2-1+/t17-,21+,22-;/m1./s1. The quantitative estimate of drug-likeness (QED) is 0.153. The number of benzene rings is 1. The highest BCUT2D eigenvalue weighted by Crippen LogP contribution is 2.37. The highest BCUT2D eigenvalue weighted by molar-refractivity contribution is 7.18. The summed E-state index contributed by atoms with van der Waals surface area (Å²) in [5, 5.41) is 38.9. The molecule has 0 spiro atoms. The highest BCUT2D eigenvalue weighted by atomic mass is 32.1. The van der Waals surface area contributed by atoms with E-state index in [0.29, 0.717) is 64.9 Å². The summed E-state index contributed by atoms with van der Waals surface area (Å²) in [7, 11) is 6.24. The average Bonchev–Trinajstić information content (AvgIpc) is 3.66. The number of carbonyl (C=O) groups is 2. The molecule has 18 heteroatoms. The van der Waals surface area contributed by atoms with Crippen molar-refractivity contribution < 1.29 is 52.3 Å². The molecule has 268 valence electrons. The fourth-order valence-electron chi connectivity index (χ4n) is 5.31. The molecule has 1 saturated carbocycles. The number of likely N-dealkylation sites (N-methyl/N-ethyl adjacent to an activating group) is 1. The summed E-state index contributed by atoms with van der Waals surface area (Å²) in [6.45, 7) is 0.586. The van der Waals surface area contributed by atoms with Gasteiger partial charge in [0.15, 0.2) is 5.75 Å². The van der Waals surface area contributed by atoms with Gasteiger partial charge in [0, 0.05) is 48.3 Å². The van der Waals surface area contributed by atoms with Gasteiger partial charge in [0.1, 0.15) is 10.6 Å². The van der Waals surface area contributed by atoms with Crippen molar-refractivity contribution in [3.05, 3.63) is 59.0 Å². The van der Waals surface area contributed by atoms with Crippen molar-refractivity contribution in [1.29, 1.82) is 0 Å². The van der Waals surface area contributed by atoms with Gasteiger partial charge >= 0.3 is 24.1 Å². The fraction of sp³-hybridized carbons (Fsp3) is 0.375. The van der Waals surface area contributed by atoms with E-state index in [4.69, 9.17) is 24.4 Å². The normalized spacial score (nSPS) is 17.3. The number of hydrogen-bond donors (Lipinski definition) is 4. The molecule has 1 aliphatic rings. The Balaban J connectivity index is 0.000000627. The number of methoxy groups -OCH3 is 3. The van der Waals surface area contributed by atoms with Crippen molar-refractivity contribution in [1.82, 2.24) is 25.5 Å². The Morgan fingerprint density at radius 3 is 2.26 bits per heavy atom. The zero-order chi connectivity index (χ0) is 36.6. The van der Waals surface area contributed by atoms with Crippen LogP contribution in [0.2, 0.25) is 0 Å². The minimum absolute atomic E-state index is 0.0198. The lowest BCUT2D eigenvalue weighted by Gasteiger charge is -2.28. The van der Waals surface area contributed by atoms with Crippen LogP contribution in [-0.2, 0) is 22.6 Å². The molecule has 3 heterocycles. The van der Waals surface area contributed by atoms with E-state index in [1.807, 2.05) is 29.2 Å². The van der Waals surface area contributed by atoms with E-state index >= 15 is 0 Å². The lowest BCUT2D eigenvalue weighted by atomic mass is 10.1. The number of aliphatic hydroxyl groups excluding tert-OH is 1. The molecule has 0 radical (unpaired) electrons. The maximum Gasteiger partial charge on any atom is 0.393 e. The molecule has 3 aromatic heterocycles. The van der Waals surface area contributed by atoms with E-state index in [-0.39, 0.29) is 23.0 Å². The van der Waals surface area contributed by atoms with Crippen molar-refractivity contribution in [2.24, 2.45) is 0 Å². The molecule has 0 aliphatic heterocycles. The van der Waals surface area contributed by atoms with Crippen LogP contribution in [-0.4, -0.2) is 100 Å². The zero-order valence-corrected chi connectivity index (χ0v) is 28.2. The average molecular weight is 721 g/mol. The van der Waals surface area contributed by atoms with Crippen LogP contribution in [0.25, 0.3) is 21.5 Å². The van der Waals surface area contributed by atoms with Crippen LogP contribution >= 0.6 is 11.3 Å². The fourth-order valence-corrected chi connectivity index (χ4v) is 6.35. The van der Waals surface area contributed by atoms with E-state index in [9.17, 15) is 27.9 Å². The third-order valence-electron chi connectivity index (χ3n) is 7.64. The molecule has 1 fully saturated rings. The number of carboxylic acid groups (broad SMARTS) is 2. The number of nitrogens with one attached hydrogen (secondary N) is 1. The maximum absolute atomic E-state index is 13.0. The summed E-state index contributed by atoms with van der Waals surface area (Å²) in [6, 6.07) is 10.9. The Morgan fingerprint density at radius 1 is 1.00 bits per heavy atom. The van der Waals surface area contributed by atoms with Crippen molar-refractivity contribution in [3.63, 3.8) is 0 Å². The van der Waals surface area contributed by atoms with Gasteiger partial charge < -0.3 is 39.7 Å². The Hall–Kier alpha value is -5.07. The van der Waals surface area contributed by atoms with Crippen LogP contribution in [0.15, 0.2) is 48.6 Å². The Morgan fingerprint density at radius 2 is 1.68 bits per heavy atom. The number of aliphatic carboxylic acids is 2. The summed E-state index contributed by atoms with van der Waals surface area (Å²) in [6.07, 6.45) is -3.79. The minimum Gasteiger partial charge on any atom is -0.491 e. The minimum atomic E-state index is -4.33. The molecule has 5 rings (SSSR count). The number of carboxylic acids is 2. The first-order valence-corrected chi connectivity index (χ1v) is 15.8. The van der Waals surface area contributed by atoms with Crippen LogP contribution in [0.4, 0.5) is 19.0 Å². The molecule has 0 amide bonds. The van der Waals surface area contributed by atoms with Crippen LogP contribution in [0.1, 0.15) is 23.3 Å². The summed E-state index contributed by atoms with van der Waals surface area (Å²) in [5.41, 5.74) is 2.59. The Labute approximate surface area is 288 Å². The van der Waals surface area contributed by atoms with Gasteiger partial charge in [-0.25, -0.2) is 9.59 Å². The van der Waals surface area contributed by atoms with Crippen molar-refractivity contribution in [2.45, 2.75) is 50.2 Å². The molecule has 4 N–H and O–H groups in total. The molecule has 1 aliphatic carbocycles. The molecule has 4 aromatic rings. The van der Waals surface area contributed by atoms with Gasteiger partial charge in [0.2, 0.25) is 0 Å². The van der Waals surface area contributed by atoms with Crippen LogP contribution in [0, 0.1) is 0 Å². The van der Waals surface area contributed by atoms with E-state index in [1.54, 1.807) is 20.2 Å². The molecule has 3 atom stereocenters. The van der Waals surface area contributed by atoms with Crippen molar-refractivity contribution >= 4 is 39.3 Å². The number of hydrogen-bond acceptors (Lipinski definition) is 13. The number of halogens is 3. The van der Waals surface area contributed by atoms with Gasteiger partial charge in [-0.05, 0) is 24.5 Å². The second-order valence-electron chi connectivity index (χ2n) is 11.1. The molecule has 1 aromatic carbocycles. The third-order valence-corrected chi connectivity index (χ3v) is 8.67. The molecular formula is C32H35F3N6O8S. The number of anilines is 1. The number of thiophene rings is 1. The molecule has 0 saturated heterocycles. The smallest absolute Gasteiger partial charge is 0.393 e. The van der Waals surface area contributed by atoms with Crippen molar-refractivity contribution in [2.75, 3.05) is 33.3 Å². The van der Waals surface area contributed by atoms with Gasteiger partial charge in [-0.2, -0.15) is 23.1 Å². The predicted octanol–water partition coefficient (Wildman–Crippen LogP) is 4.11. The third kappa shape index (κ3) is 9.99. The van der Waals surface area contributed by atoms with Gasteiger partial charge in [0.25, 0.3) is 5.88 Å². The summed E-state index contributed by atoms with van der Waals surface area (Å²) < 4.78 is 54.8. The SMILES string of the molecule is COc1nc(N(C)[C@H]2C[C@@H](NCc3ccc(-c4cc(OC)c(OC)nn4)cc3)C[C@H]2O)c2cc(CC(F)(F)F)sc2n1.O=C(O)/C=C/C(=O)O. The topological polar surface area (TPSA) is 189 Å². The second-order valence-corrected chi connectivity index (χ2v) is 12.2. The maximum atomic E-state index is 13.0. The summed E-state index contributed by atoms with van der Waals surface area (Å²) in [4.78, 5) is 30.2. The number of alkyl halides is 3. The number of fused-ring (bicyclic) bond motifs is 1. The summed E-state index contributed by atoms with van der Waals surface area (Å²) >= 11 is 0.966. The number of aliphatic hydroxyl groups is 1. The van der Waals surface area contributed by atoms with Crippen LogP contribution < -0.4 is 24.4 Å². The van der Waals surface area contributed by atoms with Gasteiger partial charge in [-0.15, -0.1) is 21.5 Å². The first kappa shape index (κ1) is 37.7. The largest absolute Gasteiger partial charge is 0.491 e. The van der Waals surface area contributed by atoms with E-state index in [2.05, 4.69) is 25.5 Å². The molecular weight excluding hydrogens is 685 g/mol. The van der Waals surface area contributed by atoms with Crippen molar-refractivity contribution in [3.8, 4) is 28.9 Å². The molecule has 0 bridgehead atoms. The van der Waals surface area contributed by atoms with E-state index < -0.39 is 30.6 Å². The monoisotopic (exact) mass is 720 g/mol. The second kappa shape index (κ2) is 16.6. The Kier molecular flexibility index (Phi) is 12.5. The number of rotatable bonds is 12. The number of nitrogens with zero attached hydrogens (tertiary/aromatic N) is 5. The predicted molar refractivity (Wildman–Crippen MR) is 177 cm³/mol. The zero-order valence-electron chi connectivity index (χ0n) is 27.3. The lowest BCUT2D eigenvalue weighted by Crippen LogP contribution is -2.38. The van der Waals surface area contributed by atoms with Gasteiger partial charge in [0.05, 0.1) is 51.0 Å². The number of ether oxygens (including phenoxy) is 3. The Bertz CT molecular complexity index is 1810. The van der Waals surface area contributed by atoms with E-state index in [1.165, 1.54) is 20.3 Å². The molecule has 14 nitrogen and oxygen atoms in total. The van der Waals surface area contributed by atoms with Crippen LogP contribution in [0.3, 0.4) is 0 Å². The number of aromatic nitrogens is 4. The lowest BCUT2D eigenvalue weighted by molar-refractivity contribution is -0.134. The summed E-state index contributed by atoms with van der Waals surface area (Å²) in [5.74, 6) is -1.27. The van der Waals surface area contributed by atoms with E-state index in [0.717, 1.165) is 22.5 Å². The van der Waals surface area contributed by atoms with Crippen LogP contribution in [0.5, 0.6) is 17.6 Å². The molecule has 0 unspecified atom stereocenters. The first-order valence-electron chi connectivity index (χ1n) is 15.0. The van der Waals surface area contributed by atoms with Gasteiger partial charge in [-0.1, -0.05) is 24.3 Å². The first-order chi connectivity index (χ1) is 23.7.